The summed E-state index contributed by atoms with van der Waals surface area (Å²) < 4.78 is 13.1. The van der Waals surface area contributed by atoms with E-state index in [0.717, 1.165) is 0 Å². The van der Waals surface area contributed by atoms with Crippen LogP contribution in [0.1, 0.15) is 19.4 Å². The number of anilines is 1. The van der Waals surface area contributed by atoms with Crippen LogP contribution in [0.5, 0.6) is 0 Å². The molecule has 0 bridgehead atoms. The average Bonchev–Trinajstić information content (AvgIpc) is 2.81. The van der Waals surface area contributed by atoms with Crippen molar-refractivity contribution in [2.24, 2.45) is 0 Å². The molecule has 0 atom stereocenters. The fourth-order valence-corrected chi connectivity index (χ4v) is 2.82. The molecule has 1 heterocycles. The molecule has 0 saturated carbocycles. The van der Waals surface area contributed by atoms with Crippen molar-refractivity contribution in [1.82, 2.24) is 4.90 Å². The van der Waals surface area contributed by atoms with Crippen molar-refractivity contribution >= 4 is 34.7 Å². The molecule has 25 heavy (non-hydrogen) atoms. The van der Waals surface area contributed by atoms with Crippen LogP contribution in [-0.2, 0) is 9.59 Å². The number of imide groups is 1. The van der Waals surface area contributed by atoms with Gasteiger partial charge in [0.1, 0.15) is 11.5 Å². The summed E-state index contributed by atoms with van der Waals surface area (Å²) in [5, 5.41) is 3.50. The van der Waals surface area contributed by atoms with Gasteiger partial charge in [-0.25, -0.2) is 4.39 Å². The Morgan fingerprint density at radius 3 is 2.12 bits per heavy atom. The van der Waals surface area contributed by atoms with E-state index < -0.39 is 5.91 Å². The first-order valence-corrected chi connectivity index (χ1v) is 8.17. The highest BCUT2D eigenvalue weighted by molar-refractivity contribution is 6.37. The van der Waals surface area contributed by atoms with Gasteiger partial charge in [-0.2, -0.15) is 0 Å². The zero-order valence-corrected chi connectivity index (χ0v) is 14.5. The van der Waals surface area contributed by atoms with Crippen molar-refractivity contribution in [2.45, 2.75) is 19.9 Å². The number of amides is 2. The lowest BCUT2D eigenvalue weighted by molar-refractivity contribution is -0.138. The van der Waals surface area contributed by atoms with Gasteiger partial charge in [-0.3, -0.25) is 14.5 Å². The number of halogens is 2. The van der Waals surface area contributed by atoms with Gasteiger partial charge in [-0.05, 0) is 55.8 Å². The molecule has 0 radical (unpaired) electrons. The molecule has 0 spiro atoms. The number of carbonyl (C=O) groups excluding carboxylic acids is 2. The van der Waals surface area contributed by atoms with Gasteiger partial charge >= 0.3 is 0 Å². The predicted octanol–water partition coefficient (Wildman–Crippen LogP) is 4.08. The van der Waals surface area contributed by atoms with Gasteiger partial charge in [0.15, 0.2) is 0 Å². The topological polar surface area (TPSA) is 49.4 Å². The van der Waals surface area contributed by atoms with Crippen LogP contribution in [-0.4, -0.2) is 22.8 Å². The predicted molar refractivity (Wildman–Crippen MR) is 95.4 cm³/mol. The lowest BCUT2D eigenvalue weighted by Crippen LogP contribution is -2.38. The Labute approximate surface area is 149 Å². The van der Waals surface area contributed by atoms with Gasteiger partial charge in [-0.1, -0.05) is 23.7 Å². The smallest absolute Gasteiger partial charge is 0.278 e. The molecule has 6 heteroatoms. The monoisotopic (exact) mass is 358 g/mol. The number of carbonyl (C=O) groups is 2. The minimum atomic E-state index is -0.408. The SMILES string of the molecule is CC(C)N1C(=O)C(Nc2ccc(F)cc2)=C(c2ccc(Cl)cc2)C1=O. The summed E-state index contributed by atoms with van der Waals surface area (Å²) in [6, 6.07) is 12.0. The Morgan fingerprint density at radius 2 is 1.56 bits per heavy atom. The van der Waals surface area contributed by atoms with Crippen LogP contribution in [0.25, 0.3) is 5.57 Å². The molecular formula is C19H16ClFN2O2. The van der Waals surface area contributed by atoms with Gasteiger partial charge < -0.3 is 5.32 Å². The Kier molecular flexibility index (Phi) is 4.59. The molecule has 2 aromatic rings. The second-order valence-electron chi connectivity index (χ2n) is 5.96. The van der Waals surface area contributed by atoms with E-state index in [2.05, 4.69) is 5.32 Å². The third-order valence-electron chi connectivity index (χ3n) is 3.88. The lowest BCUT2D eigenvalue weighted by Gasteiger charge is -2.19. The van der Waals surface area contributed by atoms with E-state index in [4.69, 9.17) is 11.6 Å². The fraction of sp³-hybridized carbons (Fsp3) is 0.158. The number of nitrogens with zero attached hydrogens (tertiary/aromatic N) is 1. The lowest BCUT2D eigenvalue weighted by atomic mass is 10.0. The van der Waals surface area contributed by atoms with Crippen molar-refractivity contribution in [3.05, 3.63) is 70.6 Å². The quantitative estimate of drug-likeness (QED) is 0.838. The second-order valence-corrected chi connectivity index (χ2v) is 6.40. The molecule has 0 aromatic heterocycles. The zero-order valence-electron chi connectivity index (χ0n) is 13.7. The van der Waals surface area contributed by atoms with E-state index >= 15 is 0 Å². The van der Waals surface area contributed by atoms with Crippen molar-refractivity contribution in [1.29, 1.82) is 0 Å². The molecular weight excluding hydrogens is 343 g/mol. The molecule has 128 valence electrons. The summed E-state index contributed by atoms with van der Waals surface area (Å²) in [5.74, 6) is -1.16. The third-order valence-corrected chi connectivity index (χ3v) is 4.13. The highest BCUT2D eigenvalue weighted by atomic mass is 35.5. The maximum atomic E-state index is 13.1. The first-order valence-electron chi connectivity index (χ1n) is 7.79. The molecule has 1 N–H and O–H groups in total. The number of rotatable bonds is 4. The third kappa shape index (κ3) is 3.28. The molecule has 1 aliphatic rings. The Morgan fingerprint density at radius 1 is 0.960 bits per heavy atom. The molecule has 3 rings (SSSR count). The molecule has 4 nitrogen and oxygen atoms in total. The van der Waals surface area contributed by atoms with Crippen LogP contribution in [0.3, 0.4) is 0 Å². The van der Waals surface area contributed by atoms with E-state index in [1.54, 1.807) is 38.1 Å². The van der Waals surface area contributed by atoms with Crippen LogP contribution >= 0.6 is 11.6 Å². The standard InChI is InChI=1S/C19H16ClFN2O2/c1-11(2)23-18(24)16(12-3-5-13(20)6-4-12)17(19(23)25)22-15-9-7-14(21)8-10-15/h3-11,22H,1-2H3. The zero-order chi connectivity index (χ0) is 18.1. The van der Waals surface area contributed by atoms with Crippen molar-refractivity contribution in [2.75, 3.05) is 5.32 Å². The van der Waals surface area contributed by atoms with E-state index in [1.807, 2.05) is 0 Å². The van der Waals surface area contributed by atoms with E-state index in [1.165, 1.54) is 29.2 Å². The van der Waals surface area contributed by atoms with Crippen molar-refractivity contribution in [3.8, 4) is 0 Å². The molecule has 1 aliphatic heterocycles. The fourth-order valence-electron chi connectivity index (χ4n) is 2.69. The first-order chi connectivity index (χ1) is 11.9. The van der Waals surface area contributed by atoms with Gasteiger partial charge in [0.25, 0.3) is 11.8 Å². The summed E-state index contributed by atoms with van der Waals surface area (Å²) in [6.07, 6.45) is 0. The van der Waals surface area contributed by atoms with Crippen LogP contribution in [0, 0.1) is 5.82 Å². The summed E-state index contributed by atoms with van der Waals surface area (Å²) in [7, 11) is 0. The minimum Gasteiger partial charge on any atom is -0.350 e. The van der Waals surface area contributed by atoms with E-state index in [-0.39, 0.29) is 29.0 Å². The largest absolute Gasteiger partial charge is 0.350 e. The molecule has 0 aliphatic carbocycles. The van der Waals surface area contributed by atoms with Gasteiger partial charge in [0.2, 0.25) is 0 Å². The van der Waals surface area contributed by atoms with Crippen molar-refractivity contribution in [3.63, 3.8) is 0 Å². The highest BCUT2D eigenvalue weighted by Crippen LogP contribution is 2.32. The summed E-state index contributed by atoms with van der Waals surface area (Å²) in [4.78, 5) is 26.8. The van der Waals surface area contributed by atoms with E-state index in [0.29, 0.717) is 16.3 Å². The average molecular weight is 359 g/mol. The normalized spacial score (nSPS) is 14.7. The maximum absolute atomic E-state index is 13.1. The Hall–Kier alpha value is -2.66. The van der Waals surface area contributed by atoms with Crippen LogP contribution in [0.4, 0.5) is 10.1 Å². The summed E-state index contributed by atoms with van der Waals surface area (Å²) in [6.45, 7) is 3.55. The number of nitrogens with one attached hydrogen (secondary N) is 1. The van der Waals surface area contributed by atoms with Crippen LogP contribution in [0.2, 0.25) is 5.02 Å². The number of hydrogen-bond acceptors (Lipinski definition) is 3. The summed E-state index contributed by atoms with van der Waals surface area (Å²) in [5.41, 5.74) is 1.57. The second kappa shape index (κ2) is 6.69. The molecule has 0 unspecified atom stereocenters. The number of hydrogen-bond donors (Lipinski definition) is 1. The van der Waals surface area contributed by atoms with Gasteiger partial charge in [-0.15, -0.1) is 0 Å². The molecule has 2 amide bonds. The number of benzene rings is 2. The van der Waals surface area contributed by atoms with E-state index in [9.17, 15) is 14.0 Å². The van der Waals surface area contributed by atoms with Crippen LogP contribution in [0.15, 0.2) is 54.2 Å². The molecule has 0 saturated heterocycles. The Balaban J connectivity index is 2.08. The highest BCUT2D eigenvalue weighted by Gasteiger charge is 2.40. The molecule has 0 fully saturated rings. The van der Waals surface area contributed by atoms with Crippen LogP contribution < -0.4 is 5.32 Å². The first kappa shape index (κ1) is 17.2. The maximum Gasteiger partial charge on any atom is 0.278 e. The van der Waals surface area contributed by atoms with Gasteiger partial charge in [0, 0.05) is 16.8 Å². The van der Waals surface area contributed by atoms with Gasteiger partial charge in [0.05, 0.1) is 5.57 Å². The summed E-state index contributed by atoms with van der Waals surface area (Å²) >= 11 is 5.91. The van der Waals surface area contributed by atoms with Crippen molar-refractivity contribution < 1.29 is 14.0 Å². The Bertz CT molecular complexity index is 858. The molecule has 2 aromatic carbocycles. The minimum absolute atomic E-state index is 0.174.